The van der Waals surface area contributed by atoms with E-state index < -0.39 is 0 Å². The molecule has 0 spiro atoms. The smallest absolute Gasteiger partial charge is 0.114 e. The fraction of sp³-hybridized carbons (Fsp3) is 0.800. The Morgan fingerprint density at radius 2 is 2.38 bits per heavy atom. The summed E-state index contributed by atoms with van der Waals surface area (Å²) in [5.41, 5.74) is 0.965. The van der Waals surface area contributed by atoms with Gasteiger partial charge in [0.05, 0.1) is 5.71 Å². The number of oxime groups is 1. The average molecular weight is 180 g/mol. The molecule has 0 aliphatic heterocycles. The van der Waals surface area contributed by atoms with E-state index in [0.717, 1.165) is 11.0 Å². The van der Waals surface area contributed by atoms with Crippen LogP contribution in [0.3, 0.4) is 0 Å². The van der Waals surface area contributed by atoms with Gasteiger partial charge in [-0.2, -0.15) is 0 Å². The third-order valence-electron chi connectivity index (χ3n) is 0.543. The van der Waals surface area contributed by atoms with Gasteiger partial charge in [-0.3, -0.25) is 0 Å². The van der Waals surface area contributed by atoms with E-state index in [1.54, 1.807) is 0 Å². The van der Waals surface area contributed by atoms with Gasteiger partial charge in [-0.1, -0.05) is 21.1 Å². The molecule has 48 valence electrons. The largest absolute Gasteiger partial charge is 0.396 e. The highest BCUT2D eigenvalue weighted by Crippen LogP contribution is 1.85. The summed E-state index contributed by atoms with van der Waals surface area (Å²) in [6.45, 7) is 4.46. The molecule has 0 aromatic carbocycles. The number of halogens is 1. The summed E-state index contributed by atoms with van der Waals surface area (Å²) < 4.78 is 0. The molecular formula is C5H10BrNO. The van der Waals surface area contributed by atoms with Crippen LogP contribution in [-0.4, -0.2) is 17.6 Å². The molecule has 0 N–H and O–H groups in total. The Hall–Kier alpha value is -0.0500. The van der Waals surface area contributed by atoms with Crippen molar-refractivity contribution >= 4 is 21.6 Å². The highest BCUT2D eigenvalue weighted by molar-refractivity contribution is 9.09. The minimum absolute atomic E-state index is 0.643. The van der Waals surface area contributed by atoms with Gasteiger partial charge in [0.1, 0.15) is 6.61 Å². The molecule has 0 bridgehead atoms. The molecule has 0 atom stereocenters. The van der Waals surface area contributed by atoms with Gasteiger partial charge in [-0.25, -0.2) is 0 Å². The molecule has 8 heavy (non-hydrogen) atoms. The lowest BCUT2D eigenvalue weighted by atomic mass is 10.5. The lowest BCUT2D eigenvalue weighted by Crippen LogP contribution is -1.93. The van der Waals surface area contributed by atoms with E-state index >= 15 is 0 Å². The molecule has 0 saturated carbocycles. The lowest BCUT2D eigenvalue weighted by Gasteiger charge is -1.92. The molecule has 0 aromatic rings. The van der Waals surface area contributed by atoms with Gasteiger partial charge < -0.3 is 4.84 Å². The van der Waals surface area contributed by atoms with Crippen LogP contribution in [0.4, 0.5) is 0 Å². The van der Waals surface area contributed by atoms with Crippen molar-refractivity contribution < 1.29 is 4.84 Å². The zero-order valence-electron chi connectivity index (χ0n) is 5.15. The number of rotatable bonds is 3. The summed E-state index contributed by atoms with van der Waals surface area (Å²) in [4.78, 5) is 4.74. The minimum Gasteiger partial charge on any atom is -0.396 e. The summed E-state index contributed by atoms with van der Waals surface area (Å²) in [7, 11) is 0. The highest BCUT2D eigenvalue weighted by Gasteiger charge is 1.83. The molecule has 0 radical (unpaired) electrons. The van der Waals surface area contributed by atoms with Crippen molar-refractivity contribution in [1.82, 2.24) is 0 Å². The molecule has 0 aliphatic carbocycles. The molecule has 0 aromatic heterocycles. The van der Waals surface area contributed by atoms with Crippen molar-refractivity contribution in [2.45, 2.75) is 13.8 Å². The third kappa shape index (κ3) is 4.12. The van der Waals surface area contributed by atoms with E-state index in [9.17, 15) is 0 Å². The molecule has 0 amide bonds. The normalized spacial score (nSPS) is 11.6. The van der Waals surface area contributed by atoms with Crippen LogP contribution in [0.2, 0.25) is 0 Å². The Balaban J connectivity index is 3.26. The average Bonchev–Trinajstić information content (AvgIpc) is 1.83. The monoisotopic (exact) mass is 179 g/mol. The Morgan fingerprint density at radius 1 is 1.75 bits per heavy atom. The molecule has 0 unspecified atom stereocenters. The summed E-state index contributed by atoms with van der Waals surface area (Å²) >= 11 is 3.23. The van der Waals surface area contributed by atoms with Crippen molar-refractivity contribution in [1.29, 1.82) is 0 Å². The van der Waals surface area contributed by atoms with E-state index in [-0.39, 0.29) is 0 Å². The van der Waals surface area contributed by atoms with Crippen molar-refractivity contribution in [3.05, 3.63) is 0 Å². The van der Waals surface area contributed by atoms with Crippen LogP contribution in [0.5, 0.6) is 0 Å². The van der Waals surface area contributed by atoms with E-state index in [1.165, 1.54) is 0 Å². The van der Waals surface area contributed by atoms with Crippen molar-refractivity contribution in [2.24, 2.45) is 5.16 Å². The molecule has 0 fully saturated rings. The van der Waals surface area contributed by atoms with Crippen LogP contribution in [0.25, 0.3) is 0 Å². The van der Waals surface area contributed by atoms with Crippen molar-refractivity contribution in [3.8, 4) is 0 Å². The Kier molecular flexibility index (Phi) is 5.06. The maximum absolute atomic E-state index is 4.74. The van der Waals surface area contributed by atoms with E-state index in [1.807, 2.05) is 13.8 Å². The quantitative estimate of drug-likeness (QED) is 0.368. The van der Waals surface area contributed by atoms with Gasteiger partial charge in [0.15, 0.2) is 0 Å². The Morgan fingerprint density at radius 3 is 2.75 bits per heavy atom. The number of hydrogen-bond acceptors (Lipinski definition) is 2. The van der Waals surface area contributed by atoms with Crippen LogP contribution < -0.4 is 0 Å². The molecule has 0 saturated heterocycles. The first-order chi connectivity index (χ1) is 3.81. The third-order valence-corrected chi connectivity index (χ3v) is 1.35. The number of alkyl halides is 1. The first-order valence-electron chi connectivity index (χ1n) is 2.52. The molecule has 3 heteroatoms. The molecular weight excluding hydrogens is 170 g/mol. The van der Waals surface area contributed by atoms with Gasteiger partial charge >= 0.3 is 0 Å². The summed E-state index contributed by atoms with van der Waals surface area (Å²) in [5, 5.41) is 4.52. The zero-order chi connectivity index (χ0) is 6.41. The fourth-order valence-corrected chi connectivity index (χ4v) is 0.302. The first-order valence-corrected chi connectivity index (χ1v) is 3.64. The van der Waals surface area contributed by atoms with Crippen LogP contribution in [0.15, 0.2) is 5.16 Å². The first kappa shape index (κ1) is 7.95. The molecule has 2 nitrogen and oxygen atoms in total. The van der Waals surface area contributed by atoms with Crippen LogP contribution in [-0.2, 0) is 4.84 Å². The zero-order valence-corrected chi connectivity index (χ0v) is 6.73. The van der Waals surface area contributed by atoms with Gasteiger partial charge in [0.25, 0.3) is 0 Å². The molecule has 0 rings (SSSR count). The van der Waals surface area contributed by atoms with E-state index in [2.05, 4.69) is 21.1 Å². The van der Waals surface area contributed by atoms with Gasteiger partial charge in [0.2, 0.25) is 0 Å². The predicted octanol–water partition coefficient (Wildman–Crippen LogP) is 1.79. The Bertz CT molecular complexity index is 82.5. The standard InChI is InChI=1S/C5H10BrNO/c1-3-8-7-5(2)4-6/h3-4H2,1-2H3. The predicted molar refractivity (Wildman–Crippen MR) is 38.5 cm³/mol. The number of nitrogens with zero attached hydrogens (tertiary/aromatic N) is 1. The molecule has 0 aliphatic rings. The summed E-state index contributed by atoms with van der Waals surface area (Å²) in [6, 6.07) is 0. The maximum Gasteiger partial charge on any atom is 0.114 e. The van der Waals surface area contributed by atoms with Gasteiger partial charge in [0, 0.05) is 5.33 Å². The van der Waals surface area contributed by atoms with Crippen LogP contribution in [0, 0.1) is 0 Å². The maximum atomic E-state index is 4.74. The van der Waals surface area contributed by atoms with E-state index in [0.29, 0.717) is 6.61 Å². The highest BCUT2D eigenvalue weighted by atomic mass is 79.9. The second-order valence-corrected chi connectivity index (χ2v) is 1.94. The van der Waals surface area contributed by atoms with Gasteiger partial charge in [-0.15, -0.1) is 0 Å². The Labute approximate surface area is 58.0 Å². The summed E-state index contributed by atoms with van der Waals surface area (Å²) in [6.07, 6.45) is 0. The van der Waals surface area contributed by atoms with Gasteiger partial charge in [-0.05, 0) is 13.8 Å². The minimum atomic E-state index is 0.643. The lowest BCUT2D eigenvalue weighted by molar-refractivity contribution is 0.158. The second kappa shape index (κ2) is 5.09. The fourth-order valence-electron chi connectivity index (χ4n) is 0.199. The summed E-state index contributed by atoms with van der Waals surface area (Å²) in [5.74, 6) is 0. The van der Waals surface area contributed by atoms with Crippen LogP contribution in [0.1, 0.15) is 13.8 Å². The van der Waals surface area contributed by atoms with Crippen molar-refractivity contribution in [3.63, 3.8) is 0 Å². The second-order valence-electron chi connectivity index (χ2n) is 1.38. The molecule has 0 heterocycles. The SMILES string of the molecule is CCON=C(C)CBr. The van der Waals surface area contributed by atoms with Crippen molar-refractivity contribution in [2.75, 3.05) is 11.9 Å². The van der Waals surface area contributed by atoms with Crippen LogP contribution >= 0.6 is 15.9 Å². The number of hydrogen-bond donors (Lipinski definition) is 0. The van der Waals surface area contributed by atoms with E-state index in [4.69, 9.17) is 4.84 Å². The topological polar surface area (TPSA) is 21.6 Å².